The van der Waals surface area contributed by atoms with E-state index in [4.69, 9.17) is 4.74 Å². The van der Waals surface area contributed by atoms with Gasteiger partial charge in [0.15, 0.2) is 0 Å². The number of esters is 1. The number of hydrogen-bond donors (Lipinski definition) is 1. The Balaban J connectivity index is 3.80. The number of rotatable bonds is 6. The smallest absolute Gasteiger partial charge is 0.323 e. The van der Waals surface area contributed by atoms with Crippen LogP contribution in [0.1, 0.15) is 34.6 Å². The van der Waals surface area contributed by atoms with Gasteiger partial charge in [-0.2, -0.15) is 0 Å². The molecule has 0 spiro atoms. The summed E-state index contributed by atoms with van der Waals surface area (Å²) in [5.74, 6) is -0.188. The maximum atomic E-state index is 11.6. The fraction of sp³-hybridized carbons (Fsp3) is 0.917. The zero-order valence-corrected chi connectivity index (χ0v) is 11.5. The van der Waals surface area contributed by atoms with Gasteiger partial charge in [-0.05, 0) is 41.3 Å². The van der Waals surface area contributed by atoms with Crippen molar-refractivity contribution in [3.8, 4) is 0 Å². The molecule has 0 aromatic rings. The van der Waals surface area contributed by atoms with Gasteiger partial charge in [-0.25, -0.2) is 0 Å². The SMILES string of the molecule is CCN(C)CCNC(C)C(=O)OC(C)(C)C. The average molecular weight is 230 g/mol. The Hall–Kier alpha value is -0.610. The molecule has 1 N–H and O–H groups in total. The van der Waals surface area contributed by atoms with Gasteiger partial charge in [-0.1, -0.05) is 6.92 Å². The van der Waals surface area contributed by atoms with Gasteiger partial charge in [0.2, 0.25) is 0 Å². The van der Waals surface area contributed by atoms with Crippen LogP contribution in [0.5, 0.6) is 0 Å². The zero-order chi connectivity index (χ0) is 12.8. The summed E-state index contributed by atoms with van der Waals surface area (Å²) in [6.07, 6.45) is 0. The van der Waals surface area contributed by atoms with Crippen molar-refractivity contribution in [2.24, 2.45) is 0 Å². The van der Waals surface area contributed by atoms with E-state index in [1.807, 2.05) is 27.7 Å². The van der Waals surface area contributed by atoms with E-state index in [0.29, 0.717) is 0 Å². The van der Waals surface area contributed by atoms with Crippen LogP contribution >= 0.6 is 0 Å². The molecular weight excluding hydrogens is 204 g/mol. The highest BCUT2D eigenvalue weighted by Crippen LogP contribution is 2.08. The molecule has 0 aliphatic carbocycles. The molecule has 4 heteroatoms. The minimum absolute atomic E-state index is 0.188. The van der Waals surface area contributed by atoms with Gasteiger partial charge < -0.3 is 15.0 Å². The summed E-state index contributed by atoms with van der Waals surface area (Å²) < 4.78 is 5.27. The monoisotopic (exact) mass is 230 g/mol. The Morgan fingerprint density at radius 3 is 2.44 bits per heavy atom. The first kappa shape index (κ1) is 15.4. The molecule has 4 nitrogen and oxygen atoms in total. The standard InChI is InChI=1S/C12H26N2O2/c1-7-14(6)9-8-13-10(2)11(15)16-12(3,4)5/h10,13H,7-9H2,1-6H3. The molecule has 16 heavy (non-hydrogen) atoms. The highest BCUT2D eigenvalue weighted by molar-refractivity contribution is 5.75. The Labute approximate surface area is 99.3 Å². The Morgan fingerprint density at radius 2 is 2.00 bits per heavy atom. The molecule has 0 amide bonds. The predicted molar refractivity (Wildman–Crippen MR) is 66.5 cm³/mol. The van der Waals surface area contributed by atoms with Gasteiger partial charge >= 0.3 is 5.97 Å². The van der Waals surface area contributed by atoms with Gasteiger partial charge in [0.1, 0.15) is 11.6 Å². The summed E-state index contributed by atoms with van der Waals surface area (Å²) in [5.41, 5.74) is -0.409. The summed E-state index contributed by atoms with van der Waals surface area (Å²) in [7, 11) is 2.06. The van der Waals surface area contributed by atoms with E-state index in [1.165, 1.54) is 0 Å². The molecule has 0 aromatic carbocycles. The van der Waals surface area contributed by atoms with Crippen molar-refractivity contribution in [2.75, 3.05) is 26.7 Å². The molecule has 0 aliphatic heterocycles. The van der Waals surface area contributed by atoms with Crippen LogP contribution in [0.4, 0.5) is 0 Å². The molecule has 0 aliphatic rings. The van der Waals surface area contributed by atoms with Crippen LogP contribution in [0.25, 0.3) is 0 Å². The van der Waals surface area contributed by atoms with Crippen molar-refractivity contribution >= 4 is 5.97 Å². The highest BCUT2D eigenvalue weighted by atomic mass is 16.6. The van der Waals surface area contributed by atoms with Crippen molar-refractivity contribution in [2.45, 2.75) is 46.3 Å². The van der Waals surface area contributed by atoms with Gasteiger partial charge in [0, 0.05) is 13.1 Å². The fourth-order valence-corrected chi connectivity index (χ4v) is 1.10. The van der Waals surface area contributed by atoms with E-state index in [2.05, 4.69) is 24.2 Å². The van der Waals surface area contributed by atoms with Gasteiger partial charge in [-0.3, -0.25) is 4.79 Å². The number of likely N-dealkylation sites (N-methyl/N-ethyl adjacent to an activating group) is 1. The van der Waals surface area contributed by atoms with Crippen LogP contribution in [0.2, 0.25) is 0 Å². The van der Waals surface area contributed by atoms with Crippen LogP contribution in [0.3, 0.4) is 0 Å². The molecule has 1 unspecified atom stereocenters. The predicted octanol–water partition coefficient (Wildman–Crippen LogP) is 1.26. The van der Waals surface area contributed by atoms with E-state index in [-0.39, 0.29) is 12.0 Å². The minimum Gasteiger partial charge on any atom is -0.459 e. The third-order valence-corrected chi connectivity index (χ3v) is 2.24. The summed E-state index contributed by atoms with van der Waals surface area (Å²) in [6, 6.07) is -0.246. The number of nitrogens with zero attached hydrogens (tertiary/aromatic N) is 1. The Morgan fingerprint density at radius 1 is 1.44 bits per heavy atom. The van der Waals surface area contributed by atoms with Crippen molar-refractivity contribution < 1.29 is 9.53 Å². The molecule has 0 radical (unpaired) electrons. The normalized spacial score (nSPS) is 13.9. The lowest BCUT2D eigenvalue weighted by atomic mass is 10.2. The van der Waals surface area contributed by atoms with Crippen molar-refractivity contribution in [3.05, 3.63) is 0 Å². The molecule has 0 saturated heterocycles. The van der Waals surface area contributed by atoms with E-state index < -0.39 is 5.60 Å². The lowest BCUT2D eigenvalue weighted by Gasteiger charge is -2.23. The van der Waals surface area contributed by atoms with Crippen LogP contribution in [-0.4, -0.2) is 49.2 Å². The lowest BCUT2D eigenvalue weighted by molar-refractivity contribution is -0.156. The average Bonchev–Trinajstić information content (AvgIpc) is 2.14. The molecule has 0 fully saturated rings. The molecule has 1 atom stereocenters. The zero-order valence-electron chi connectivity index (χ0n) is 11.5. The maximum absolute atomic E-state index is 11.6. The van der Waals surface area contributed by atoms with Gasteiger partial charge in [0.25, 0.3) is 0 Å². The van der Waals surface area contributed by atoms with Crippen LogP contribution < -0.4 is 5.32 Å². The molecule has 96 valence electrons. The van der Waals surface area contributed by atoms with Crippen LogP contribution in [0, 0.1) is 0 Å². The number of carbonyl (C=O) groups is 1. The summed E-state index contributed by atoms with van der Waals surface area (Å²) in [4.78, 5) is 13.8. The van der Waals surface area contributed by atoms with E-state index in [1.54, 1.807) is 0 Å². The summed E-state index contributed by atoms with van der Waals surface area (Å²) >= 11 is 0. The number of nitrogens with one attached hydrogen (secondary N) is 1. The minimum atomic E-state index is -0.409. The second-order valence-electron chi connectivity index (χ2n) is 5.11. The van der Waals surface area contributed by atoms with Gasteiger partial charge in [-0.15, -0.1) is 0 Å². The quantitative estimate of drug-likeness (QED) is 0.698. The molecule has 0 rings (SSSR count). The van der Waals surface area contributed by atoms with Gasteiger partial charge in [0.05, 0.1) is 0 Å². The Kier molecular flexibility index (Phi) is 6.60. The molecule has 0 saturated carbocycles. The first-order chi connectivity index (χ1) is 7.26. The highest BCUT2D eigenvalue weighted by Gasteiger charge is 2.20. The second-order valence-corrected chi connectivity index (χ2v) is 5.11. The van der Waals surface area contributed by atoms with Crippen molar-refractivity contribution in [1.29, 1.82) is 0 Å². The van der Waals surface area contributed by atoms with Crippen LogP contribution in [0.15, 0.2) is 0 Å². The topological polar surface area (TPSA) is 41.6 Å². The third-order valence-electron chi connectivity index (χ3n) is 2.24. The van der Waals surface area contributed by atoms with Crippen LogP contribution in [-0.2, 0) is 9.53 Å². The summed E-state index contributed by atoms with van der Waals surface area (Å²) in [5, 5.41) is 3.15. The second kappa shape index (κ2) is 6.86. The molecule has 0 heterocycles. The number of ether oxygens (including phenoxy) is 1. The maximum Gasteiger partial charge on any atom is 0.323 e. The number of carbonyl (C=O) groups excluding carboxylic acids is 1. The molecule has 0 aromatic heterocycles. The van der Waals surface area contributed by atoms with E-state index >= 15 is 0 Å². The Bertz CT molecular complexity index is 212. The lowest BCUT2D eigenvalue weighted by Crippen LogP contribution is -2.42. The number of hydrogen-bond acceptors (Lipinski definition) is 4. The fourth-order valence-electron chi connectivity index (χ4n) is 1.10. The first-order valence-electron chi connectivity index (χ1n) is 5.91. The largest absolute Gasteiger partial charge is 0.459 e. The third kappa shape index (κ3) is 7.65. The first-order valence-corrected chi connectivity index (χ1v) is 5.91. The summed E-state index contributed by atoms with van der Waals surface area (Å²) in [6.45, 7) is 12.3. The molecular formula is C12H26N2O2. The van der Waals surface area contributed by atoms with E-state index in [0.717, 1.165) is 19.6 Å². The van der Waals surface area contributed by atoms with E-state index in [9.17, 15) is 4.79 Å². The molecule has 0 bridgehead atoms. The van der Waals surface area contributed by atoms with Crippen molar-refractivity contribution in [3.63, 3.8) is 0 Å². The van der Waals surface area contributed by atoms with Crippen molar-refractivity contribution in [1.82, 2.24) is 10.2 Å².